The Morgan fingerprint density at radius 3 is 2.43 bits per heavy atom. The molecule has 0 atom stereocenters. The molecule has 21 heavy (non-hydrogen) atoms. The quantitative estimate of drug-likeness (QED) is 0.854. The Labute approximate surface area is 123 Å². The molecule has 0 aliphatic heterocycles. The Morgan fingerprint density at radius 1 is 1.14 bits per heavy atom. The van der Waals surface area contributed by atoms with Gasteiger partial charge >= 0.3 is 6.61 Å². The summed E-state index contributed by atoms with van der Waals surface area (Å²) in [4.78, 5) is 24.0. The number of thiophene rings is 1. The molecule has 2 aromatic rings. The second-order valence-corrected chi connectivity index (χ2v) is 5.13. The second-order valence-electron chi connectivity index (χ2n) is 4.05. The maximum atomic E-state index is 12.3. The first-order valence-electron chi connectivity index (χ1n) is 5.93. The number of nitrogens with one attached hydrogen (secondary N) is 1. The molecule has 110 valence electrons. The van der Waals surface area contributed by atoms with Gasteiger partial charge in [0.1, 0.15) is 5.75 Å². The number of hydrogen-bond acceptors (Lipinski definition) is 4. The molecule has 1 aromatic carbocycles. The van der Waals surface area contributed by atoms with E-state index in [1.807, 2.05) is 0 Å². The molecule has 0 bridgehead atoms. The second kappa shape index (κ2) is 6.45. The Balaban J connectivity index is 2.17. The number of para-hydroxylation sites is 2. The SMILES string of the molecule is CC(=O)c1ccc(C(=O)Nc2ccccc2OC(F)F)s1. The van der Waals surface area contributed by atoms with E-state index >= 15 is 0 Å². The largest absolute Gasteiger partial charge is 0.433 e. The first-order chi connectivity index (χ1) is 9.97. The van der Waals surface area contributed by atoms with E-state index in [1.54, 1.807) is 12.1 Å². The lowest BCUT2D eigenvalue weighted by molar-refractivity contribution is -0.0493. The third-order valence-electron chi connectivity index (χ3n) is 2.53. The van der Waals surface area contributed by atoms with E-state index in [4.69, 9.17) is 0 Å². The summed E-state index contributed by atoms with van der Waals surface area (Å²) in [5.74, 6) is -0.748. The number of halogens is 2. The van der Waals surface area contributed by atoms with Gasteiger partial charge in [0.2, 0.25) is 0 Å². The number of benzene rings is 1. The maximum Gasteiger partial charge on any atom is 0.387 e. The van der Waals surface area contributed by atoms with Gasteiger partial charge in [-0.3, -0.25) is 9.59 Å². The first kappa shape index (κ1) is 15.1. The fraction of sp³-hybridized carbons (Fsp3) is 0.143. The van der Waals surface area contributed by atoms with Crippen molar-refractivity contribution in [2.24, 2.45) is 0 Å². The summed E-state index contributed by atoms with van der Waals surface area (Å²) >= 11 is 1.04. The molecule has 1 amide bonds. The number of anilines is 1. The number of ketones is 1. The Morgan fingerprint density at radius 2 is 1.81 bits per heavy atom. The first-order valence-corrected chi connectivity index (χ1v) is 6.75. The van der Waals surface area contributed by atoms with Crippen molar-refractivity contribution < 1.29 is 23.1 Å². The summed E-state index contributed by atoms with van der Waals surface area (Å²) in [5, 5.41) is 2.49. The predicted octanol–water partition coefficient (Wildman–Crippen LogP) is 3.80. The van der Waals surface area contributed by atoms with Crippen molar-refractivity contribution >= 4 is 28.7 Å². The van der Waals surface area contributed by atoms with E-state index in [0.717, 1.165) is 11.3 Å². The molecule has 1 heterocycles. The van der Waals surface area contributed by atoms with Crippen LogP contribution in [0.15, 0.2) is 36.4 Å². The summed E-state index contributed by atoms with van der Waals surface area (Å²) < 4.78 is 28.9. The van der Waals surface area contributed by atoms with Gasteiger partial charge in [0, 0.05) is 0 Å². The maximum absolute atomic E-state index is 12.3. The van der Waals surface area contributed by atoms with Crippen LogP contribution in [-0.2, 0) is 0 Å². The van der Waals surface area contributed by atoms with Gasteiger partial charge in [-0.2, -0.15) is 8.78 Å². The number of Topliss-reactive ketones (excluding diaryl/α,β-unsaturated/α-hetero) is 1. The lowest BCUT2D eigenvalue weighted by Gasteiger charge is -2.10. The number of amides is 1. The number of rotatable bonds is 5. The van der Waals surface area contributed by atoms with Crippen molar-refractivity contribution in [1.29, 1.82) is 0 Å². The van der Waals surface area contributed by atoms with Crippen LogP contribution in [0.3, 0.4) is 0 Å². The van der Waals surface area contributed by atoms with Crippen LogP contribution in [0.5, 0.6) is 5.75 Å². The zero-order valence-corrected chi connectivity index (χ0v) is 11.7. The minimum Gasteiger partial charge on any atom is -0.433 e. The summed E-state index contributed by atoms with van der Waals surface area (Å²) in [7, 11) is 0. The van der Waals surface area contributed by atoms with Gasteiger partial charge in [-0.1, -0.05) is 12.1 Å². The highest BCUT2D eigenvalue weighted by molar-refractivity contribution is 7.16. The standard InChI is InChI=1S/C14H11F2NO3S/c1-8(18)11-6-7-12(21-11)13(19)17-9-4-2-3-5-10(9)20-14(15)16/h2-7,14H,1H3,(H,17,19). The number of hydrogen-bond donors (Lipinski definition) is 1. The molecule has 7 heteroatoms. The van der Waals surface area contributed by atoms with Gasteiger partial charge in [-0.05, 0) is 31.2 Å². The summed E-state index contributed by atoms with van der Waals surface area (Å²) in [6.07, 6.45) is 0. The van der Waals surface area contributed by atoms with Gasteiger partial charge in [0.15, 0.2) is 5.78 Å². The number of alkyl halides is 2. The minimum absolute atomic E-state index is 0.121. The van der Waals surface area contributed by atoms with E-state index in [1.165, 1.54) is 31.2 Å². The Bertz CT molecular complexity index is 670. The molecular formula is C14H11F2NO3S. The minimum atomic E-state index is -2.98. The molecule has 2 rings (SSSR count). The van der Waals surface area contributed by atoms with Crippen LogP contribution in [0.4, 0.5) is 14.5 Å². The topological polar surface area (TPSA) is 55.4 Å². The van der Waals surface area contributed by atoms with Crippen LogP contribution in [0.2, 0.25) is 0 Å². The smallest absolute Gasteiger partial charge is 0.387 e. The summed E-state index contributed by atoms with van der Waals surface area (Å²) in [5.41, 5.74) is 0.139. The van der Waals surface area contributed by atoms with E-state index in [2.05, 4.69) is 10.1 Å². The molecule has 0 saturated heterocycles. The highest BCUT2D eigenvalue weighted by atomic mass is 32.1. The lowest BCUT2D eigenvalue weighted by Crippen LogP contribution is -2.12. The molecule has 0 fully saturated rings. The van der Waals surface area contributed by atoms with Crippen LogP contribution < -0.4 is 10.1 Å². The fourth-order valence-electron chi connectivity index (χ4n) is 1.60. The molecule has 0 spiro atoms. The van der Waals surface area contributed by atoms with E-state index in [0.29, 0.717) is 9.75 Å². The highest BCUT2D eigenvalue weighted by Crippen LogP contribution is 2.27. The van der Waals surface area contributed by atoms with Crippen LogP contribution in [-0.4, -0.2) is 18.3 Å². The lowest BCUT2D eigenvalue weighted by atomic mass is 10.3. The van der Waals surface area contributed by atoms with Crippen LogP contribution >= 0.6 is 11.3 Å². The van der Waals surface area contributed by atoms with Crippen molar-refractivity contribution in [2.45, 2.75) is 13.5 Å². The third-order valence-corrected chi connectivity index (χ3v) is 3.71. The van der Waals surface area contributed by atoms with Gasteiger partial charge in [0.05, 0.1) is 15.4 Å². The van der Waals surface area contributed by atoms with Crippen molar-refractivity contribution in [1.82, 2.24) is 0 Å². The van der Waals surface area contributed by atoms with Gasteiger partial charge in [-0.25, -0.2) is 0 Å². The normalized spacial score (nSPS) is 10.5. The molecule has 0 radical (unpaired) electrons. The molecule has 1 N–H and O–H groups in total. The van der Waals surface area contributed by atoms with E-state index in [9.17, 15) is 18.4 Å². The molecule has 1 aromatic heterocycles. The molecule has 0 aliphatic rings. The molecular weight excluding hydrogens is 300 g/mol. The van der Waals surface area contributed by atoms with Gasteiger partial charge in [0.25, 0.3) is 5.91 Å². The summed E-state index contributed by atoms with van der Waals surface area (Å²) in [6.45, 7) is -1.58. The van der Waals surface area contributed by atoms with Crippen molar-refractivity contribution in [3.05, 3.63) is 46.2 Å². The number of carbonyl (C=O) groups excluding carboxylic acids is 2. The van der Waals surface area contributed by atoms with Gasteiger partial charge < -0.3 is 10.1 Å². The van der Waals surface area contributed by atoms with Crippen LogP contribution in [0.1, 0.15) is 26.3 Å². The number of carbonyl (C=O) groups is 2. The van der Waals surface area contributed by atoms with Crippen LogP contribution in [0.25, 0.3) is 0 Å². The monoisotopic (exact) mass is 311 g/mol. The zero-order valence-electron chi connectivity index (χ0n) is 10.9. The zero-order chi connectivity index (χ0) is 15.4. The molecule has 0 saturated carbocycles. The van der Waals surface area contributed by atoms with Gasteiger partial charge in [-0.15, -0.1) is 11.3 Å². The molecule has 0 unspecified atom stereocenters. The predicted molar refractivity (Wildman–Crippen MR) is 75.4 cm³/mol. The van der Waals surface area contributed by atoms with Crippen molar-refractivity contribution in [2.75, 3.05) is 5.32 Å². The average molecular weight is 311 g/mol. The third kappa shape index (κ3) is 3.85. The fourth-order valence-corrected chi connectivity index (χ4v) is 2.40. The number of ether oxygens (including phenoxy) is 1. The molecule has 0 aliphatic carbocycles. The van der Waals surface area contributed by atoms with E-state index < -0.39 is 12.5 Å². The summed E-state index contributed by atoms with van der Waals surface area (Å²) in [6, 6.07) is 8.94. The Kier molecular flexibility index (Phi) is 4.64. The molecule has 4 nitrogen and oxygen atoms in total. The van der Waals surface area contributed by atoms with E-state index in [-0.39, 0.29) is 17.2 Å². The van der Waals surface area contributed by atoms with Crippen LogP contribution in [0, 0.1) is 0 Å². The van der Waals surface area contributed by atoms with Crippen molar-refractivity contribution in [3.63, 3.8) is 0 Å². The Hall–Kier alpha value is -2.28. The average Bonchev–Trinajstić information content (AvgIpc) is 2.90. The van der Waals surface area contributed by atoms with Crippen molar-refractivity contribution in [3.8, 4) is 5.75 Å². The highest BCUT2D eigenvalue weighted by Gasteiger charge is 2.15.